The highest BCUT2D eigenvalue weighted by molar-refractivity contribution is 5.85. The lowest BCUT2D eigenvalue weighted by Crippen LogP contribution is -2.56. The second-order valence-electron chi connectivity index (χ2n) is 5.02. The van der Waals surface area contributed by atoms with Crippen LogP contribution in [-0.4, -0.2) is 62.9 Å². The lowest BCUT2D eigenvalue weighted by molar-refractivity contribution is -0.148. The maximum atomic E-state index is 12.2. The highest BCUT2D eigenvalue weighted by Crippen LogP contribution is 2.28. The lowest BCUT2D eigenvalue weighted by Gasteiger charge is -2.43. The van der Waals surface area contributed by atoms with Crippen molar-refractivity contribution in [3.63, 3.8) is 0 Å². The summed E-state index contributed by atoms with van der Waals surface area (Å²) < 4.78 is 10.7. The third-order valence-electron chi connectivity index (χ3n) is 3.81. The molecule has 0 aromatic rings. The van der Waals surface area contributed by atoms with Crippen LogP contribution in [0.3, 0.4) is 0 Å². The zero-order valence-corrected chi connectivity index (χ0v) is 12.4. The van der Waals surface area contributed by atoms with Gasteiger partial charge in [-0.1, -0.05) is 12.8 Å². The van der Waals surface area contributed by atoms with Gasteiger partial charge in [0.05, 0.1) is 31.9 Å². The summed E-state index contributed by atoms with van der Waals surface area (Å²) in [6.07, 6.45) is 4.91. The van der Waals surface area contributed by atoms with E-state index < -0.39 is 0 Å². The molecular weight excluding hydrogens is 268 g/mol. The summed E-state index contributed by atoms with van der Waals surface area (Å²) in [5.74, 6) is 0.200. The average molecular weight is 293 g/mol. The van der Waals surface area contributed by atoms with Gasteiger partial charge in [0.15, 0.2) is 0 Å². The van der Waals surface area contributed by atoms with Crippen molar-refractivity contribution in [1.29, 1.82) is 0 Å². The quantitative estimate of drug-likeness (QED) is 0.762. The van der Waals surface area contributed by atoms with Gasteiger partial charge in [0, 0.05) is 20.2 Å². The topological polar surface area (TPSA) is 50.8 Å². The van der Waals surface area contributed by atoms with Gasteiger partial charge >= 0.3 is 0 Å². The van der Waals surface area contributed by atoms with E-state index in [9.17, 15) is 4.79 Å². The van der Waals surface area contributed by atoms with E-state index >= 15 is 0 Å². The van der Waals surface area contributed by atoms with Gasteiger partial charge in [-0.25, -0.2) is 0 Å². The summed E-state index contributed by atoms with van der Waals surface area (Å²) in [5, 5.41) is 3.12. The largest absolute Gasteiger partial charge is 0.383 e. The molecular formula is C13H25ClN2O3. The van der Waals surface area contributed by atoms with Crippen LogP contribution < -0.4 is 5.32 Å². The average Bonchev–Trinajstić information content (AvgIpc) is 2.43. The second-order valence-corrected chi connectivity index (χ2v) is 5.02. The predicted octanol–water partition coefficient (Wildman–Crippen LogP) is 0.814. The summed E-state index contributed by atoms with van der Waals surface area (Å²) >= 11 is 0. The summed E-state index contributed by atoms with van der Waals surface area (Å²) in [6.45, 7) is 3.20. The normalized spacial score (nSPS) is 26.5. The number of nitrogens with one attached hydrogen (secondary N) is 1. The lowest BCUT2D eigenvalue weighted by atomic mass is 9.90. The fraction of sp³-hybridized carbons (Fsp3) is 0.923. The van der Waals surface area contributed by atoms with Gasteiger partial charge in [-0.3, -0.25) is 4.79 Å². The van der Waals surface area contributed by atoms with Crippen LogP contribution in [0.25, 0.3) is 0 Å². The van der Waals surface area contributed by atoms with Gasteiger partial charge in [-0.15, -0.1) is 12.4 Å². The number of carbonyl (C=O) groups excluding carboxylic acids is 1. The van der Waals surface area contributed by atoms with Gasteiger partial charge in [0.2, 0.25) is 5.91 Å². The monoisotopic (exact) mass is 292 g/mol. The highest BCUT2D eigenvalue weighted by atomic mass is 35.5. The Balaban J connectivity index is 0.00000180. The Morgan fingerprint density at radius 2 is 2.21 bits per heavy atom. The van der Waals surface area contributed by atoms with Crippen LogP contribution in [0.15, 0.2) is 0 Å². The molecule has 2 aliphatic rings. The number of rotatable bonds is 5. The Morgan fingerprint density at radius 1 is 1.42 bits per heavy atom. The van der Waals surface area contributed by atoms with E-state index in [1.54, 1.807) is 7.11 Å². The van der Waals surface area contributed by atoms with Crippen LogP contribution >= 0.6 is 12.4 Å². The number of ether oxygens (including phenoxy) is 2. The molecule has 5 nitrogen and oxygen atoms in total. The molecule has 1 saturated heterocycles. The van der Waals surface area contributed by atoms with E-state index in [-0.39, 0.29) is 24.4 Å². The molecule has 1 N–H and O–H groups in total. The number of methoxy groups -OCH3 is 1. The minimum Gasteiger partial charge on any atom is -0.383 e. The number of hydrogen-bond acceptors (Lipinski definition) is 4. The Labute approximate surface area is 121 Å². The third kappa shape index (κ3) is 4.60. The molecule has 1 aliphatic heterocycles. The summed E-state index contributed by atoms with van der Waals surface area (Å²) in [6, 6.07) is 0.309. The molecule has 6 heteroatoms. The van der Waals surface area contributed by atoms with Gasteiger partial charge < -0.3 is 19.7 Å². The fourth-order valence-electron chi connectivity index (χ4n) is 2.88. The number of morpholine rings is 1. The number of fused-ring (bicyclic) bond motifs is 1. The first-order chi connectivity index (χ1) is 8.83. The van der Waals surface area contributed by atoms with E-state index in [1.807, 2.05) is 4.90 Å². The summed E-state index contributed by atoms with van der Waals surface area (Å²) in [5.41, 5.74) is 0. The third-order valence-corrected chi connectivity index (χ3v) is 3.81. The van der Waals surface area contributed by atoms with Crippen molar-refractivity contribution < 1.29 is 14.3 Å². The number of amides is 1. The molecule has 0 spiro atoms. The summed E-state index contributed by atoms with van der Waals surface area (Å²) in [4.78, 5) is 14.2. The maximum Gasteiger partial charge on any atom is 0.236 e. The summed E-state index contributed by atoms with van der Waals surface area (Å²) in [7, 11) is 1.66. The molecule has 2 fully saturated rings. The second kappa shape index (κ2) is 8.74. The van der Waals surface area contributed by atoms with Gasteiger partial charge in [-0.2, -0.15) is 0 Å². The van der Waals surface area contributed by atoms with Gasteiger partial charge in [0.25, 0.3) is 0 Å². The first-order valence-corrected chi connectivity index (χ1v) is 6.93. The molecule has 0 radical (unpaired) electrons. The van der Waals surface area contributed by atoms with Crippen molar-refractivity contribution in [2.24, 2.45) is 0 Å². The van der Waals surface area contributed by atoms with E-state index in [0.717, 1.165) is 25.9 Å². The van der Waals surface area contributed by atoms with Crippen LogP contribution in [0.2, 0.25) is 0 Å². The van der Waals surface area contributed by atoms with Gasteiger partial charge in [0.1, 0.15) is 0 Å². The molecule has 2 unspecified atom stereocenters. The van der Waals surface area contributed by atoms with Crippen LogP contribution in [0, 0.1) is 0 Å². The zero-order valence-electron chi connectivity index (χ0n) is 11.6. The maximum absolute atomic E-state index is 12.2. The zero-order chi connectivity index (χ0) is 12.8. The van der Waals surface area contributed by atoms with Crippen LogP contribution in [0.1, 0.15) is 25.7 Å². The molecule has 0 aromatic carbocycles. The van der Waals surface area contributed by atoms with Crippen LogP contribution in [-0.2, 0) is 14.3 Å². The number of halogens is 1. The van der Waals surface area contributed by atoms with Gasteiger partial charge in [-0.05, 0) is 12.8 Å². The smallest absolute Gasteiger partial charge is 0.236 e. The molecule has 19 heavy (non-hydrogen) atoms. The first-order valence-electron chi connectivity index (χ1n) is 6.93. The molecule has 1 aliphatic carbocycles. The van der Waals surface area contributed by atoms with Crippen molar-refractivity contribution in [2.45, 2.75) is 37.8 Å². The number of nitrogens with zero attached hydrogens (tertiary/aromatic N) is 1. The molecule has 1 heterocycles. The Kier molecular flexibility index (Phi) is 7.68. The van der Waals surface area contributed by atoms with Crippen molar-refractivity contribution >= 4 is 18.3 Å². The van der Waals surface area contributed by atoms with E-state index in [1.165, 1.54) is 12.8 Å². The standard InChI is InChI=1S/C13H24N2O3.ClH/c1-17-8-6-14-10-13(16)15-7-9-18-12-5-3-2-4-11(12)15;/h11-12,14H,2-10H2,1H3;1H. The van der Waals surface area contributed by atoms with Crippen molar-refractivity contribution in [2.75, 3.05) is 40.0 Å². The minimum atomic E-state index is 0. The van der Waals surface area contributed by atoms with E-state index in [0.29, 0.717) is 25.8 Å². The Hall–Kier alpha value is -0.360. The molecule has 0 bridgehead atoms. The van der Waals surface area contributed by atoms with E-state index in [2.05, 4.69) is 5.32 Å². The molecule has 1 amide bonds. The van der Waals surface area contributed by atoms with E-state index in [4.69, 9.17) is 9.47 Å². The predicted molar refractivity (Wildman–Crippen MR) is 75.7 cm³/mol. The highest BCUT2D eigenvalue weighted by Gasteiger charge is 2.36. The van der Waals surface area contributed by atoms with Crippen molar-refractivity contribution in [1.82, 2.24) is 10.2 Å². The number of hydrogen-bond donors (Lipinski definition) is 1. The Bertz CT molecular complexity index is 277. The molecule has 2 atom stereocenters. The Morgan fingerprint density at radius 3 is 3.00 bits per heavy atom. The molecule has 1 saturated carbocycles. The molecule has 2 rings (SSSR count). The molecule has 0 aromatic heterocycles. The van der Waals surface area contributed by atoms with Crippen LogP contribution in [0.4, 0.5) is 0 Å². The fourth-order valence-corrected chi connectivity index (χ4v) is 2.88. The SMILES string of the molecule is COCCNCC(=O)N1CCOC2CCCCC21.Cl. The van der Waals surface area contributed by atoms with Crippen molar-refractivity contribution in [3.05, 3.63) is 0 Å². The minimum absolute atomic E-state index is 0. The van der Waals surface area contributed by atoms with Crippen LogP contribution in [0.5, 0.6) is 0 Å². The number of carbonyl (C=O) groups is 1. The van der Waals surface area contributed by atoms with Crippen molar-refractivity contribution in [3.8, 4) is 0 Å². The first kappa shape index (κ1) is 16.7. The molecule has 112 valence electrons.